The summed E-state index contributed by atoms with van der Waals surface area (Å²) in [7, 11) is 0. The van der Waals surface area contributed by atoms with Crippen LogP contribution in [0.15, 0.2) is 34.2 Å². The second kappa shape index (κ2) is 5.43. The van der Waals surface area contributed by atoms with Crippen molar-refractivity contribution in [2.24, 2.45) is 0 Å². The molecule has 100 valence electrons. The molecule has 1 aromatic heterocycles. The smallest absolute Gasteiger partial charge is 0.263 e. The number of carbonyl (C=O) groups excluding carboxylic acids is 1. The lowest BCUT2D eigenvalue weighted by Crippen LogP contribution is -2.40. The van der Waals surface area contributed by atoms with E-state index in [-0.39, 0.29) is 5.91 Å². The highest BCUT2D eigenvalue weighted by Crippen LogP contribution is 2.23. The lowest BCUT2D eigenvalue weighted by atomic mass is 9.94. The Balaban J connectivity index is 2.19. The van der Waals surface area contributed by atoms with E-state index in [0.29, 0.717) is 4.88 Å². The lowest BCUT2D eigenvalue weighted by molar-refractivity contribution is 0.0915. The monoisotopic (exact) mass is 338 g/mol. The summed E-state index contributed by atoms with van der Waals surface area (Å²) in [6.07, 6.45) is 0. The van der Waals surface area contributed by atoms with Crippen LogP contribution < -0.4 is 5.32 Å². The zero-order chi connectivity index (χ0) is 14.0. The molecule has 1 N–H and O–H groups in total. The Morgan fingerprint density at radius 2 is 1.95 bits per heavy atom. The molecule has 0 aliphatic rings. The van der Waals surface area contributed by atoms with Crippen LogP contribution in [0.2, 0.25) is 0 Å². The summed E-state index contributed by atoms with van der Waals surface area (Å²) in [5.74, 6) is -0.0760. The highest BCUT2D eigenvalue weighted by Gasteiger charge is 2.24. The molecule has 0 bridgehead atoms. The molecule has 0 atom stereocenters. The maximum Gasteiger partial charge on any atom is 0.263 e. The van der Waals surface area contributed by atoms with Gasteiger partial charge in [-0.3, -0.25) is 4.79 Å². The van der Waals surface area contributed by atoms with Gasteiger partial charge in [0.05, 0.1) is 16.7 Å². The van der Waals surface area contributed by atoms with E-state index in [1.54, 1.807) is 5.51 Å². The molecule has 0 aliphatic heterocycles. The van der Waals surface area contributed by atoms with Crippen molar-refractivity contribution >= 4 is 33.2 Å². The number of aryl methyl sites for hydroxylation is 1. The molecule has 2 aromatic rings. The van der Waals surface area contributed by atoms with Crippen molar-refractivity contribution in [1.82, 2.24) is 10.3 Å². The first kappa shape index (κ1) is 14.2. The quantitative estimate of drug-likeness (QED) is 0.922. The second-order valence-corrected chi connectivity index (χ2v) is 6.62. The Morgan fingerprint density at radius 3 is 2.47 bits per heavy atom. The maximum absolute atomic E-state index is 12.2. The molecular formula is C14H15BrN2OS. The van der Waals surface area contributed by atoms with Crippen molar-refractivity contribution in [2.45, 2.75) is 26.3 Å². The fraction of sp³-hybridized carbons (Fsp3) is 0.286. The predicted molar refractivity (Wildman–Crippen MR) is 81.5 cm³/mol. The molecule has 0 fully saturated rings. The molecule has 1 aromatic carbocycles. The van der Waals surface area contributed by atoms with Gasteiger partial charge in [-0.05, 0) is 38.5 Å². The van der Waals surface area contributed by atoms with Gasteiger partial charge in [0.25, 0.3) is 5.91 Å². The van der Waals surface area contributed by atoms with E-state index < -0.39 is 5.54 Å². The minimum absolute atomic E-state index is 0.0760. The summed E-state index contributed by atoms with van der Waals surface area (Å²) in [5.41, 5.74) is 3.10. The topological polar surface area (TPSA) is 42.0 Å². The molecule has 0 unspecified atom stereocenters. The van der Waals surface area contributed by atoms with Gasteiger partial charge >= 0.3 is 0 Å². The normalized spacial score (nSPS) is 11.4. The number of nitrogens with one attached hydrogen (secondary N) is 1. The second-order valence-electron chi connectivity index (χ2n) is 4.85. The van der Waals surface area contributed by atoms with Crippen LogP contribution in [0.3, 0.4) is 0 Å². The Kier molecular flexibility index (Phi) is 4.06. The van der Waals surface area contributed by atoms with E-state index in [1.807, 2.05) is 45.0 Å². The summed E-state index contributed by atoms with van der Waals surface area (Å²) < 4.78 is 1.02. The third-order valence-corrected chi connectivity index (χ3v) is 4.40. The molecule has 5 heteroatoms. The first-order valence-corrected chi connectivity index (χ1v) is 7.56. The molecular weight excluding hydrogens is 324 g/mol. The number of thiazole rings is 1. The molecule has 19 heavy (non-hydrogen) atoms. The van der Waals surface area contributed by atoms with Crippen LogP contribution in [0.1, 0.15) is 34.8 Å². The van der Waals surface area contributed by atoms with Crippen molar-refractivity contribution in [1.29, 1.82) is 0 Å². The largest absolute Gasteiger partial charge is 0.342 e. The number of hydrogen-bond donors (Lipinski definition) is 1. The highest BCUT2D eigenvalue weighted by atomic mass is 79.9. The SMILES string of the molecule is Cc1ncsc1C(=O)NC(C)(C)c1ccc(Br)cc1. The van der Waals surface area contributed by atoms with Gasteiger partial charge in [-0.25, -0.2) is 4.98 Å². The molecule has 0 saturated heterocycles. The summed E-state index contributed by atoms with van der Waals surface area (Å²) in [4.78, 5) is 17.0. The molecule has 0 spiro atoms. The lowest BCUT2D eigenvalue weighted by Gasteiger charge is -2.26. The van der Waals surface area contributed by atoms with Crippen LogP contribution in [0.5, 0.6) is 0 Å². The summed E-state index contributed by atoms with van der Waals surface area (Å²) in [6, 6.07) is 7.95. The van der Waals surface area contributed by atoms with Crippen LogP contribution in [0, 0.1) is 6.92 Å². The van der Waals surface area contributed by atoms with Gasteiger partial charge < -0.3 is 5.32 Å². The van der Waals surface area contributed by atoms with Gasteiger partial charge in [0.1, 0.15) is 4.88 Å². The zero-order valence-electron chi connectivity index (χ0n) is 11.0. The number of rotatable bonds is 3. The molecule has 2 rings (SSSR count). The van der Waals surface area contributed by atoms with Crippen molar-refractivity contribution in [3.05, 3.63) is 50.4 Å². The van der Waals surface area contributed by atoms with E-state index in [1.165, 1.54) is 11.3 Å². The first-order chi connectivity index (χ1) is 8.90. The van der Waals surface area contributed by atoms with E-state index in [9.17, 15) is 4.79 Å². The Morgan fingerprint density at radius 1 is 1.32 bits per heavy atom. The van der Waals surface area contributed by atoms with Crippen molar-refractivity contribution < 1.29 is 4.79 Å². The molecule has 3 nitrogen and oxygen atoms in total. The van der Waals surface area contributed by atoms with Crippen molar-refractivity contribution in [3.8, 4) is 0 Å². The molecule has 0 saturated carbocycles. The van der Waals surface area contributed by atoms with Crippen LogP contribution in [0.4, 0.5) is 0 Å². The fourth-order valence-corrected chi connectivity index (χ4v) is 2.76. The molecule has 1 amide bonds. The van der Waals surface area contributed by atoms with Gasteiger partial charge in [0.2, 0.25) is 0 Å². The van der Waals surface area contributed by atoms with Gasteiger partial charge in [-0.2, -0.15) is 0 Å². The van der Waals surface area contributed by atoms with Crippen LogP contribution >= 0.6 is 27.3 Å². The standard InChI is InChI=1S/C14H15BrN2OS/c1-9-12(19-8-16-9)13(18)17-14(2,3)10-4-6-11(15)7-5-10/h4-8H,1-3H3,(H,17,18). The van der Waals surface area contributed by atoms with Gasteiger partial charge in [-0.15, -0.1) is 11.3 Å². The molecule has 0 aliphatic carbocycles. The fourth-order valence-electron chi connectivity index (χ4n) is 1.80. The van der Waals surface area contributed by atoms with E-state index in [0.717, 1.165) is 15.7 Å². The number of aromatic nitrogens is 1. The Hall–Kier alpha value is -1.20. The van der Waals surface area contributed by atoms with Crippen molar-refractivity contribution in [3.63, 3.8) is 0 Å². The van der Waals surface area contributed by atoms with Crippen LogP contribution in [0.25, 0.3) is 0 Å². The van der Waals surface area contributed by atoms with E-state index in [2.05, 4.69) is 26.2 Å². The maximum atomic E-state index is 12.2. The van der Waals surface area contributed by atoms with Crippen LogP contribution in [-0.4, -0.2) is 10.9 Å². The van der Waals surface area contributed by atoms with Crippen LogP contribution in [-0.2, 0) is 5.54 Å². The summed E-state index contributed by atoms with van der Waals surface area (Å²) >= 11 is 4.78. The summed E-state index contributed by atoms with van der Waals surface area (Å²) in [6.45, 7) is 5.83. The number of amides is 1. The number of benzene rings is 1. The minimum atomic E-state index is -0.422. The third-order valence-electron chi connectivity index (χ3n) is 2.94. The predicted octanol–water partition coefficient (Wildman–Crippen LogP) is 3.88. The minimum Gasteiger partial charge on any atom is -0.342 e. The van der Waals surface area contributed by atoms with Gasteiger partial charge in [0.15, 0.2) is 0 Å². The van der Waals surface area contributed by atoms with E-state index >= 15 is 0 Å². The van der Waals surface area contributed by atoms with E-state index in [4.69, 9.17) is 0 Å². The number of nitrogens with zero attached hydrogens (tertiary/aromatic N) is 1. The number of hydrogen-bond acceptors (Lipinski definition) is 3. The number of carbonyl (C=O) groups is 1. The molecule has 0 radical (unpaired) electrons. The van der Waals surface area contributed by atoms with Gasteiger partial charge in [-0.1, -0.05) is 28.1 Å². The zero-order valence-corrected chi connectivity index (χ0v) is 13.4. The Labute approximate surface area is 125 Å². The average molecular weight is 339 g/mol. The van der Waals surface area contributed by atoms with Gasteiger partial charge in [0, 0.05) is 4.47 Å². The third kappa shape index (κ3) is 3.22. The molecule has 1 heterocycles. The highest BCUT2D eigenvalue weighted by molar-refractivity contribution is 9.10. The first-order valence-electron chi connectivity index (χ1n) is 5.89. The summed E-state index contributed by atoms with van der Waals surface area (Å²) in [5, 5.41) is 3.05. The Bertz CT molecular complexity index is 590. The number of halogens is 1. The average Bonchev–Trinajstić information content (AvgIpc) is 2.75. The van der Waals surface area contributed by atoms with Crippen molar-refractivity contribution in [2.75, 3.05) is 0 Å².